The molecule has 9 nitrogen and oxygen atoms in total. The first-order valence-corrected chi connectivity index (χ1v) is 12.7. The van der Waals surface area contributed by atoms with E-state index >= 15 is 0 Å². The maximum Gasteiger partial charge on any atom is 0.326 e. The molecule has 1 aromatic carbocycles. The quantitative estimate of drug-likeness (QED) is 0.333. The summed E-state index contributed by atoms with van der Waals surface area (Å²) in [6.45, 7) is 16.5. The van der Waals surface area contributed by atoms with Gasteiger partial charge in [-0.3, -0.25) is 19.2 Å². The van der Waals surface area contributed by atoms with Crippen LogP contribution in [-0.2, 0) is 35.1 Å². The van der Waals surface area contributed by atoms with E-state index in [4.69, 9.17) is 24.7 Å². The van der Waals surface area contributed by atoms with Crippen LogP contribution in [0.1, 0.15) is 87.1 Å². The molecule has 2 N–H and O–H groups in total. The second kappa shape index (κ2) is 12.7. The number of carbonyl (C=O) groups excluding carboxylic acids is 4. The van der Waals surface area contributed by atoms with E-state index in [1.54, 1.807) is 26.8 Å². The number of esters is 4. The summed E-state index contributed by atoms with van der Waals surface area (Å²) in [5, 5.41) is 0. The average Bonchev–Trinajstić information content (AvgIpc) is 2.71. The smallest absolute Gasteiger partial charge is 0.326 e. The summed E-state index contributed by atoms with van der Waals surface area (Å²) in [5.74, 6) is -1.93. The molecule has 0 fully saturated rings. The first kappa shape index (κ1) is 33.1. The molecule has 214 valence electrons. The molecule has 0 bridgehead atoms. The molecular formula is C29H45NO8. The summed E-state index contributed by atoms with van der Waals surface area (Å²) in [6.07, 6.45) is 0.288. The van der Waals surface area contributed by atoms with Gasteiger partial charge in [0, 0.05) is 12.8 Å². The molecule has 38 heavy (non-hydrogen) atoms. The van der Waals surface area contributed by atoms with Crippen LogP contribution in [0.2, 0.25) is 0 Å². The second-order valence-corrected chi connectivity index (χ2v) is 13.2. The molecule has 0 amide bonds. The average molecular weight is 536 g/mol. The van der Waals surface area contributed by atoms with E-state index in [2.05, 4.69) is 0 Å². The Hall–Kier alpha value is -2.94. The summed E-state index contributed by atoms with van der Waals surface area (Å²) in [5.41, 5.74) is 4.14. The number of hydrogen-bond acceptors (Lipinski definition) is 9. The first-order chi connectivity index (χ1) is 17.1. The van der Waals surface area contributed by atoms with Crippen LogP contribution in [0.4, 0.5) is 0 Å². The van der Waals surface area contributed by atoms with Crippen molar-refractivity contribution in [1.82, 2.24) is 0 Å². The van der Waals surface area contributed by atoms with E-state index in [0.717, 1.165) is 0 Å². The predicted octanol–water partition coefficient (Wildman–Crippen LogP) is 4.76. The Morgan fingerprint density at radius 3 is 1.71 bits per heavy atom. The zero-order chi connectivity index (χ0) is 29.5. The minimum absolute atomic E-state index is 0.00294. The molecule has 1 atom stereocenters. The van der Waals surface area contributed by atoms with Crippen LogP contribution in [0.15, 0.2) is 18.2 Å². The standard InChI is InChI=1S/C29H45NO8/c1-26(2,3)17-22(31)37-20-12-11-19(15-21(20)38-23(32)18-27(4,5)6)16-29(30,25(34)35-10)13-14-36-24(33)28(7,8)9/h11-12,15H,13-14,16-18,30H2,1-10H3/t29-/m1/s1. The largest absolute Gasteiger partial charge is 0.468 e. The van der Waals surface area contributed by atoms with Gasteiger partial charge in [-0.05, 0) is 49.3 Å². The highest BCUT2D eigenvalue weighted by Gasteiger charge is 2.37. The van der Waals surface area contributed by atoms with Crippen molar-refractivity contribution in [1.29, 1.82) is 0 Å². The van der Waals surface area contributed by atoms with E-state index < -0.39 is 34.8 Å². The van der Waals surface area contributed by atoms with Gasteiger partial charge in [0.15, 0.2) is 11.5 Å². The lowest BCUT2D eigenvalue weighted by Crippen LogP contribution is -2.51. The van der Waals surface area contributed by atoms with Crippen molar-refractivity contribution in [3.05, 3.63) is 23.8 Å². The second-order valence-electron chi connectivity index (χ2n) is 13.2. The highest BCUT2D eigenvalue weighted by molar-refractivity contribution is 5.81. The van der Waals surface area contributed by atoms with Gasteiger partial charge >= 0.3 is 23.9 Å². The molecular weight excluding hydrogens is 490 g/mol. The minimum atomic E-state index is -1.52. The van der Waals surface area contributed by atoms with E-state index in [1.807, 2.05) is 41.5 Å². The van der Waals surface area contributed by atoms with Crippen LogP contribution in [0.5, 0.6) is 11.5 Å². The molecule has 0 heterocycles. The highest BCUT2D eigenvalue weighted by atomic mass is 16.6. The predicted molar refractivity (Wildman–Crippen MR) is 144 cm³/mol. The van der Waals surface area contributed by atoms with Crippen molar-refractivity contribution in [2.24, 2.45) is 22.0 Å². The fourth-order valence-electron chi connectivity index (χ4n) is 3.38. The van der Waals surface area contributed by atoms with Crippen LogP contribution in [0.25, 0.3) is 0 Å². The fraction of sp³-hybridized carbons (Fsp3) is 0.655. The number of ether oxygens (including phenoxy) is 4. The molecule has 0 saturated heterocycles. The number of rotatable bonds is 10. The van der Waals surface area contributed by atoms with Crippen LogP contribution < -0.4 is 15.2 Å². The van der Waals surface area contributed by atoms with Gasteiger partial charge in [0.05, 0.1) is 32.0 Å². The number of methoxy groups -OCH3 is 1. The minimum Gasteiger partial charge on any atom is -0.468 e. The molecule has 0 unspecified atom stereocenters. The lowest BCUT2D eigenvalue weighted by atomic mass is 9.88. The number of carbonyl (C=O) groups is 4. The fourth-order valence-corrected chi connectivity index (χ4v) is 3.38. The van der Waals surface area contributed by atoms with Crippen LogP contribution >= 0.6 is 0 Å². The molecule has 0 aliphatic carbocycles. The molecule has 0 saturated carbocycles. The van der Waals surface area contributed by atoms with Gasteiger partial charge in [0.25, 0.3) is 0 Å². The molecule has 0 spiro atoms. The zero-order valence-corrected chi connectivity index (χ0v) is 24.6. The first-order valence-electron chi connectivity index (χ1n) is 12.7. The molecule has 9 heteroatoms. The number of nitrogens with two attached hydrogens (primary N) is 1. The highest BCUT2D eigenvalue weighted by Crippen LogP contribution is 2.33. The van der Waals surface area contributed by atoms with Crippen LogP contribution in [-0.4, -0.2) is 43.1 Å². The maximum atomic E-state index is 12.6. The summed E-state index contributed by atoms with van der Waals surface area (Å²) < 4.78 is 21.4. The van der Waals surface area contributed by atoms with Crippen LogP contribution in [0.3, 0.4) is 0 Å². The van der Waals surface area contributed by atoms with Crippen molar-refractivity contribution in [3.63, 3.8) is 0 Å². The topological polar surface area (TPSA) is 131 Å². The summed E-state index contributed by atoms with van der Waals surface area (Å²) >= 11 is 0. The van der Waals surface area contributed by atoms with Gasteiger partial charge in [-0.1, -0.05) is 47.6 Å². The van der Waals surface area contributed by atoms with Crippen LogP contribution in [0, 0.1) is 16.2 Å². The van der Waals surface area contributed by atoms with Gasteiger partial charge in [-0.15, -0.1) is 0 Å². The monoisotopic (exact) mass is 535 g/mol. The summed E-state index contributed by atoms with van der Waals surface area (Å²) in [4.78, 5) is 49.9. The third-order valence-corrected chi connectivity index (χ3v) is 5.31. The lowest BCUT2D eigenvalue weighted by Gasteiger charge is -2.27. The number of benzene rings is 1. The Labute approximate surface area is 226 Å². The van der Waals surface area contributed by atoms with Gasteiger partial charge in [0.2, 0.25) is 0 Å². The Bertz CT molecular complexity index is 1010. The van der Waals surface area contributed by atoms with Crippen molar-refractivity contribution >= 4 is 23.9 Å². The Morgan fingerprint density at radius 2 is 1.26 bits per heavy atom. The van der Waals surface area contributed by atoms with Gasteiger partial charge in [0.1, 0.15) is 5.54 Å². The summed E-state index contributed by atoms with van der Waals surface area (Å²) in [6, 6.07) is 4.66. The SMILES string of the molecule is COC(=O)[C@@](N)(CCOC(=O)C(C)(C)C)Cc1ccc(OC(=O)CC(C)(C)C)c(OC(=O)CC(C)(C)C)c1. The molecule has 0 aliphatic rings. The van der Waals surface area contributed by atoms with Crippen molar-refractivity contribution in [2.45, 2.75) is 93.5 Å². The van der Waals surface area contributed by atoms with Gasteiger partial charge in [-0.25, -0.2) is 0 Å². The molecule has 0 aliphatic heterocycles. The summed E-state index contributed by atoms with van der Waals surface area (Å²) in [7, 11) is 1.22. The lowest BCUT2D eigenvalue weighted by molar-refractivity contribution is -0.156. The number of hydrogen-bond donors (Lipinski definition) is 1. The molecule has 1 rings (SSSR count). The maximum absolute atomic E-state index is 12.6. The Balaban J connectivity index is 3.26. The van der Waals surface area contributed by atoms with Gasteiger partial charge < -0.3 is 24.7 Å². The molecule has 0 radical (unpaired) electrons. The van der Waals surface area contributed by atoms with E-state index in [0.29, 0.717) is 5.56 Å². The Morgan fingerprint density at radius 1 is 0.763 bits per heavy atom. The van der Waals surface area contributed by atoms with Gasteiger partial charge in [-0.2, -0.15) is 0 Å². The third-order valence-electron chi connectivity index (χ3n) is 5.31. The molecule has 0 aromatic heterocycles. The van der Waals surface area contributed by atoms with Crippen molar-refractivity contribution < 1.29 is 38.1 Å². The zero-order valence-electron chi connectivity index (χ0n) is 24.6. The van der Waals surface area contributed by atoms with Crippen molar-refractivity contribution in [3.8, 4) is 11.5 Å². The Kier molecular flexibility index (Phi) is 11.1. The molecule has 1 aromatic rings. The van der Waals surface area contributed by atoms with E-state index in [9.17, 15) is 19.2 Å². The normalized spacial score (nSPS) is 13.8. The van der Waals surface area contributed by atoms with E-state index in [-0.39, 0.29) is 54.6 Å². The third kappa shape index (κ3) is 11.6. The van der Waals surface area contributed by atoms with E-state index in [1.165, 1.54) is 19.2 Å². The van der Waals surface area contributed by atoms with Crippen molar-refractivity contribution in [2.75, 3.05) is 13.7 Å².